The van der Waals surface area contributed by atoms with Gasteiger partial charge in [0.15, 0.2) is 11.5 Å². The maximum Gasteiger partial charge on any atom is 0.343 e. The van der Waals surface area contributed by atoms with Crippen LogP contribution >= 0.6 is 15.9 Å². The molecular formula is C19H25BrN2O5. The number of benzene rings is 1. The summed E-state index contributed by atoms with van der Waals surface area (Å²) in [4.78, 5) is 30.2. The number of phenols is 1. The van der Waals surface area contributed by atoms with Gasteiger partial charge in [-0.3, -0.25) is 4.79 Å². The number of hydrogen-bond acceptors (Lipinski definition) is 5. The summed E-state index contributed by atoms with van der Waals surface area (Å²) < 4.78 is 11.2. The number of ether oxygens (including phenoxy) is 2. The van der Waals surface area contributed by atoms with Gasteiger partial charge in [-0.2, -0.15) is 0 Å². The minimum Gasteiger partial charge on any atom is -0.503 e. The summed E-state index contributed by atoms with van der Waals surface area (Å²) in [6.45, 7) is 7.78. The van der Waals surface area contributed by atoms with Gasteiger partial charge in [0.1, 0.15) is 12.0 Å². The van der Waals surface area contributed by atoms with Gasteiger partial charge in [0.05, 0.1) is 17.6 Å². The fourth-order valence-electron chi connectivity index (χ4n) is 2.65. The van der Waals surface area contributed by atoms with E-state index >= 15 is 0 Å². The van der Waals surface area contributed by atoms with Crippen molar-refractivity contribution in [3.63, 3.8) is 0 Å². The summed E-state index contributed by atoms with van der Waals surface area (Å²) in [5.41, 5.74) is 0.396. The van der Waals surface area contributed by atoms with Gasteiger partial charge in [0.25, 0.3) is 0 Å². The Morgan fingerprint density at radius 3 is 2.56 bits per heavy atom. The number of aromatic hydroxyl groups is 1. The normalized spacial score (nSPS) is 21.1. The van der Waals surface area contributed by atoms with Gasteiger partial charge < -0.3 is 19.5 Å². The second-order valence-electron chi connectivity index (χ2n) is 7.64. The van der Waals surface area contributed by atoms with Crippen LogP contribution in [0.4, 0.5) is 4.79 Å². The van der Waals surface area contributed by atoms with E-state index in [-0.39, 0.29) is 23.0 Å². The predicted octanol–water partition coefficient (Wildman–Crippen LogP) is 3.93. The van der Waals surface area contributed by atoms with Crippen molar-refractivity contribution in [1.29, 1.82) is 0 Å². The van der Waals surface area contributed by atoms with E-state index in [1.54, 1.807) is 19.2 Å². The van der Waals surface area contributed by atoms with E-state index in [1.807, 2.05) is 27.7 Å². The topological polar surface area (TPSA) is 88.4 Å². The van der Waals surface area contributed by atoms with Crippen molar-refractivity contribution in [3.05, 3.63) is 22.2 Å². The van der Waals surface area contributed by atoms with Crippen LogP contribution in [0.25, 0.3) is 0 Å². The lowest BCUT2D eigenvalue weighted by Crippen LogP contribution is -2.43. The van der Waals surface area contributed by atoms with E-state index in [9.17, 15) is 14.7 Å². The number of phenolic OH excluding ortho intramolecular Hbond substituents is 1. The molecular weight excluding hydrogens is 416 g/mol. The molecule has 3 atom stereocenters. The van der Waals surface area contributed by atoms with Crippen LogP contribution in [0, 0.1) is 11.3 Å². The number of esters is 1. The van der Waals surface area contributed by atoms with E-state index in [2.05, 4.69) is 20.9 Å². The first-order valence-electron chi connectivity index (χ1n) is 8.55. The molecule has 0 spiro atoms. The molecule has 7 nitrogen and oxygen atoms in total. The summed E-state index contributed by atoms with van der Waals surface area (Å²) in [5, 5.41) is 10.1. The number of urea groups is 1. The Labute approximate surface area is 167 Å². The van der Waals surface area contributed by atoms with Crippen LogP contribution < -0.4 is 4.74 Å². The third-order valence-electron chi connectivity index (χ3n) is 4.80. The molecule has 0 saturated heterocycles. The highest BCUT2D eigenvalue weighted by molar-refractivity contribution is 9.10. The zero-order valence-corrected chi connectivity index (χ0v) is 17.9. The number of carbonyl (C=O) groups excluding carboxylic acids is 2. The summed E-state index contributed by atoms with van der Waals surface area (Å²) in [6.07, 6.45) is 1.01. The molecule has 0 radical (unpaired) electrons. The summed E-state index contributed by atoms with van der Waals surface area (Å²) in [7, 11) is 3.00. The average molecular weight is 441 g/mol. The first kappa shape index (κ1) is 21.2. The number of methoxy groups -OCH3 is 1. The molecule has 1 heterocycles. The van der Waals surface area contributed by atoms with E-state index in [0.29, 0.717) is 10.0 Å². The van der Waals surface area contributed by atoms with Gasteiger partial charge in [-0.15, -0.1) is 0 Å². The minimum atomic E-state index is -0.779. The van der Waals surface area contributed by atoms with Gasteiger partial charge in [0, 0.05) is 13.3 Å². The Bertz CT molecular complexity index is 772. The van der Waals surface area contributed by atoms with Crippen molar-refractivity contribution in [1.82, 2.24) is 4.90 Å². The predicted molar refractivity (Wildman–Crippen MR) is 105 cm³/mol. The zero-order valence-electron chi connectivity index (χ0n) is 16.3. The Morgan fingerprint density at radius 2 is 2.00 bits per heavy atom. The maximum atomic E-state index is 12.9. The summed E-state index contributed by atoms with van der Waals surface area (Å²) in [6, 6.07) is 2.15. The van der Waals surface area contributed by atoms with Gasteiger partial charge in [-0.25, -0.2) is 9.79 Å². The number of aliphatic imine (C=N–C) groups is 1. The van der Waals surface area contributed by atoms with Crippen molar-refractivity contribution in [2.24, 2.45) is 16.3 Å². The Hall–Kier alpha value is -2.09. The van der Waals surface area contributed by atoms with Crippen molar-refractivity contribution in [3.8, 4) is 11.5 Å². The first-order valence-corrected chi connectivity index (χ1v) is 9.34. The lowest BCUT2D eigenvalue weighted by Gasteiger charge is -2.35. The number of carbonyl (C=O) groups is 2. The lowest BCUT2D eigenvalue weighted by atomic mass is 9.89. The number of hydrogen-bond donors (Lipinski definition) is 1. The highest BCUT2D eigenvalue weighted by Crippen LogP contribution is 2.41. The quantitative estimate of drug-likeness (QED) is 0.716. The molecule has 0 saturated carbocycles. The maximum absolute atomic E-state index is 12.9. The van der Waals surface area contributed by atoms with Crippen LogP contribution in [-0.4, -0.2) is 48.5 Å². The highest BCUT2D eigenvalue weighted by atomic mass is 79.9. The largest absolute Gasteiger partial charge is 0.503 e. The number of halogens is 1. The van der Waals surface area contributed by atoms with Gasteiger partial charge in [0.2, 0.25) is 0 Å². The zero-order chi connectivity index (χ0) is 20.5. The molecule has 27 heavy (non-hydrogen) atoms. The molecule has 2 rings (SSSR count). The molecule has 1 N–H and O–H groups in total. The smallest absolute Gasteiger partial charge is 0.343 e. The van der Waals surface area contributed by atoms with Gasteiger partial charge in [-0.05, 0) is 46.0 Å². The Kier molecular flexibility index (Phi) is 6.19. The molecule has 1 aromatic carbocycles. The van der Waals surface area contributed by atoms with E-state index < -0.39 is 24.0 Å². The van der Waals surface area contributed by atoms with Gasteiger partial charge in [-0.1, -0.05) is 20.8 Å². The van der Waals surface area contributed by atoms with Crippen molar-refractivity contribution < 1.29 is 24.2 Å². The third kappa shape index (κ3) is 4.43. The van der Waals surface area contributed by atoms with Crippen LogP contribution in [0.15, 0.2) is 21.6 Å². The molecule has 0 aromatic heterocycles. The summed E-state index contributed by atoms with van der Waals surface area (Å²) in [5.74, 6) is -1.06. The van der Waals surface area contributed by atoms with Crippen LogP contribution in [-0.2, 0) is 9.53 Å². The average Bonchev–Trinajstić information content (AvgIpc) is 2.58. The number of amides is 2. The molecule has 0 aliphatic carbocycles. The monoisotopic (exact) mass is 440 g/mol. The second-order valence-corrected chi connectivity index (χ2v) is 8.50. The SMILES string of the molecule is COc1cc(C2C(C(=O)OC(C)C(C)(C)C)C=NC(=O)N2C)cc(Br)c1O. The minimum absolute atomic E-state index is 0.0554. The fraction of sp³-hybridized carbons (Fsp3) is 0.526. The number of rotatable bonds is 4. The van der Waals surface area contributed by atoms with E-state index in [4.69, 9.17) is 9.47 Å². The van der Waals surface area contributed by atoms with Crippen molar-refractivity contribution >= 4 is 34.1 Å². The van der Waals surface area contributed by atoms with Crippen molar-refractivity contribution in [2.75, 3.05) is 14.2 Å². The number of nitrogens with zero attached hydrogens (tertiary/aromatic N) is 2. The van der Waals surface area contributed by atoms with Crippen LogP contribution in [0.3, 0.4) is 0 Å². The second kappa shape index (κ2) is 7.88. The van der Waals surface area contributed by atoms with Crippen LogP contribution in [0.1, 0.15) is 39.3 Å². The third-order valence-corrected chi connectivity index (χ3v) is 5.41. The van der Waals surface area contributed by atoms with E-state index in [1.165, 1.54) is 18.2 Å². The Morgan fingerprint density at radius 1 is 1.37 bits per heavy atom. The summed E-state index contributed by atoms with van der Waals surface area (Å²) >= 11 is 3.28. The molecule has 1 aliphatic heterocycles. The molecule has 3 unspecified atom stereocenters. The molecule has 148 valence electrons. The first-order chi connectivity index (χ1) is 12.5. The molecule has 8 heteroatoms. The lowest BCUT2D eigenvalue weighted by molar-refractivity contribution is -0.157. The molecule has 1 aromatic rings. The highest BCUT2D eigenvalue weighted by Gasteiger charge is 2.40. The van der Waals surface area contributed by atoms with Gasteiger partial charge >= 0.3 is 12.0 Å². The van der Waals surface area contributed by atoms with Crippen LogP contribution in [0.5, 0.6) is 11.5 Å². The van der Waals surface area contributed by atoms with Crippen LogP contribution in [0.2, 0.25) is 0 Å². The Balaban J connectivity index is 2.44. The van der Waals surface area contributed by atoms with E-state index in [0.717, 1.165) is 0 Å². The standard InChI is InChI=1S/C19H25BrN2O5/c1-10(19(2,3)4)27-17(24)12-9-21-18(25)22(5)15(12)11-7-13(20)16(23)14(8-11)26-6/h7-10,12,15,23H,1-6H3. The van der Waals surface area contributed by atoms with Crippen molar-refractivity contribution in [2.45, 2.75) is 39.8 Å². The fourth-order valence-corrected chi connectivity index (χ4v) is 3.11. The molecule has 0 bridgehead atoms. The molecule has 1 aliphatic rings. The molecule has 2 amide bonds. The molecule has 0 fully saturated rings.